The fourth-order valence-corrected chi connectivity index (χ4v) is 2.82. The minimum atomic E-state index is -0.109. The maximum Gasteiger partial charge on any atom is 0.256 e. The average molecular weight is 362 g/mol. The molecule has 3 aromatic rings. The molecule has 0 fully saturated rings. The normalized spacial score (nSPS) is 10.4. The number of para-hydroxylation sites is 1. The van der Waals surface area contributed by atoms with Crippen molar-refractivity contribution in [1.29, 1.82) is 0 Å². The fraction of sp³-hybridized carbons (Fsp3) is 0.190. The van der Waals surface area contributed by atoms with Crippen molar-refractivity contribution in [3.8, 4) is 5.69 Å². The lowest BCUT2D eigenvalue weighted by Gasteiger charge is -2.19. The molecule has 6 heteroatoms. The van der Waals surface area contributed by atoms with Gasteiger partial charge in [0.1, 0.15) is 0 Å². The zero-order chi connectivity index (χ0) is 19.2. The van der Waals surface area contributed by atoms with Gasteiger partial charge in [0.2, 0.25) is 5.91 Å². The lowest BCUT2D eigenvalue weighted by Crippen LogP contribution is -2.27. The Balaban J connectivity index is 1.81. The van der Waals surface area contributed by atoms with Crippen LogP contribution in [0.25, 0.3) is 5.69 Å². The number of hydrogen-bond donors (Lipinski definition) is 1. The topological polar surface area (TPSA) is 67.2 Å². The molecule has 0 saturated heterocycles. The summed E-state index contributed by atoms with van der Waals surface area (Å²) < 4.78 is 1.81. The Morgan fingerprint density at radius 3 is 2.52 bits per heavy atom. The van der Waals surface area contributed by atoms with E-state index in [1.54, 1.807) is 22.8 Å². The first-order valence-electron chi connectivity index (χ1n) is 8.70. The Labute approximate surface area is 158 Å². The second-order valence-corrected chi connectivity index (χ2v) is 6.35. The second kappa shape index (κ2) is 8.31. The van der Waals surface area contributed by atoms with Gasteiger partial charge in [0, 0.05) is 26.7 Å². The Morgan fingerprint density at radius 2 is 1.78 bits per heavy atom. The molecule has 1 heterocycles. The standard InChI is InChI=1S/C21H22N4O2/c1-16(26)22-12-18-14-25(15-23-18)20-11-7-6-10-19(20)21(27)24(2)13-17-8-4-3-5-9-17/h3-11,14-15H,12-13H2,1-2H3,(H,22,26). The van der Waals surface area contributed by atoms with Crippen LogP contribution in [0.1, 0.15) is 28.5 Å². The van der Waals surface area contributed by atoms with Crippen molar-refractivity contribution in [3.05, 3.63) is 83.9 Å². The molecule has 0 unspecified atom stereocenters. The molecular weight excluding hydrogens is 340 g/mol. The van der Waals surface area contributed by atoms with Crippen LogP contribution in [0.2, 0.25) is 0 Å². The Bertz CT molecular complexity index is 934. The minimum Gasteiger partial charge on any atom is -0.351 e. The molecule has 1 aromatic heterocycles. The third-order valence-corrected chi connectivity index (χ3v) is 4.18. The summed E-state index contributed by atoms with van der Waals surface area (Å²) in [5.74, 6) is -0.172. The van der Waals surface area contributed by atoms with E-state index in [2.05, 4.69) is 10.3 Å². The van der Waals surface area contributed by atoms with E-state index in [9.17, 15) is 9.59 Å². The van der Waals surface area contributed by atoms with Crippen molar-refractivity contribution >= 4 is 11.8 Å². The first kappa shape index (κ1) is 18.4. The highest BCUT2D eigenvalue weighted by Gasteiger charge is 2.17. The first-order chi connectivity index (χ1) is 13.0. The smallest absolute Gasteiger partial charge is 0.256 e. The summed E-state index contributed by atoms with van der Waals surface area (Å²) in [5, 5.41) is 2.72. The lowest BCUT2D eigenvalue weighted by atomic mass is 10.1. The van der Waals surface area contributed by atoms with Crippen molar-refractivity contribution in [2.45, 2.75) is 20.0 Å². The number of nitrogens with one attached hydrogen (secondary N) is 1. The van der Waals surface area contributed by atoms with E-state index in [1.807, 2.05) is 60.8 Å². The molecule has 0 atom stereocenters. The molecule has 0 saturated carbocycles. The molecule has 1 N–H and O–H groups in total. The van der Waals surface area contributed by atoms with Crippen LogP contribution in [0, 0.1) is 0 Å². The number of rotatable bonds is 6. The Morgan fingerprint density at radius 1 is 1.07 bits per heavy atom. The zero-order valence-corrected chi connectivity index (χ0v) is 15.4. The van der Waals surface area contributed by atoms with Crippen molar-refractivity contribution in [2.24, 2.45) is 0 Å². The summed E-state index contributed by atoms with van der Waals surface area (Å²) in [6.07, 6.45) is 3.47. The quantitative estimate of drug-likeness (QED) is 0.733. The lowest BCUT2D eigenvalue weighted by molar-refractivity contribution is -0.119. The number of hydrogen-bond acceptors (Lipinski definition) is 3. The largest absolute Gasteiger partial charge is 0.351 e. The van der Waals surface area contributed by atoms with E-state index in [4.69, 9.17) is 0 Å². The van der Waals surface area contributed by atoms with Gasteiger partial charge >= 0.3 is 0 Å². The van der Waals surface area contributed by atoms with Gasteiger partial charge in [-0.15, -0.1) is 0 Å². The van der Waals surface area contributed by atoms with Gasteiger partial charge in [0.25, 0.3) is 5.91 Å². The monoisotopic (exact) mass is 362 g/mol. The predicted molar refractivity (Wildman–Crippen MR) is 103 cm³/mol. The summed E-state index contributed by atoms with van der Waals surface area (Å²) in [7, 11) is 1.79. The van der Waals surface area contributed by atoms with E-state index in [-0.39, 0.29) is 11.8 Å². The molecule has 0 aliphatic rings. The molecule has 0 bridgehead atoms. The fourth-order valence-electron chi connectivity index (χ4n) is 2.82. The number of aromatic nitrogens is 2. The van der Waals surface area contributed by atoms with Crippen LogP contribution in [0.15, 0.2) is 67.1 Å². The maximum atomic E-state index is 13.0. The van der Waals surface area contributed by atoms with Gasteiger partial charge in [-0.25, -0.2) is 4.98 Å². The Hall–Kier alpha value is -3.41. The highest BCUT2D eigenvalue weighted by Crippen LogP contribution is 2.18. The summed E-state index contributed by atoms with van der Waals surface area (Å²) in [6, 6.07) is 17.3. The number of amides is 2. The number of carbonyl (C=O) groups is 2. The molecule has 0 radical (unpaired) electrons. The number of carbonyl (C=O) groups excluding carboxylic acids is 2. The van der Waals surface area contributed by atoms with Gasteiger partial charge in [-0.2, -0.15) is 0 Å². The van der Waals surface area contributed by atoms with Gasteiger partial charge in [0.05, 0.1) is 29.8 Å². The van der Waals surface area contributed by atoms with E-state index in [0.29, 0.717) is 18.7 Å². The third-order valence-electron chi connectivity index (χ3n) is 4.18. The van der Waals surface area contributed by atoms with Gasteiger partial charge in [-0.1, -0.05) is 42.5 Å². The highest BCUT2D eigenvalue weighted by atomic mass is 16.2. The van der Waals surface area contributed by atoms with Gasteiger partial charge < -0.3 is 14.8 Å². The van der Waals surface area contributed by atoms with E-state index in [0.717, 1.165) is 16.9 Å². The van der Waals surface area contributed by atoms with Crippen molar-refractivity contribution in [2.75, 3.05) is 7.05 Å². The van der Waals surface area contributed by atoms with Crippen LogP contribution in [0.4, 0.5) is 0 Å². The summed E-state index contributed by atoms with van der Waals surface area (Å²) in [6.45, 7) is 2.35. The van der Waals surface area contributed by atoms with Crippen molar-refractivity contribution < 1.29 is 9.59 Å². The van der Waals surface area contributed by atoms with Crippen LogP contribution >= 0.6 is 0 Å². The van der Waals surface area contributed by atoms with Crippen LogP contribution in [-0.4, -0.2) is 33.3 Å². The molecule has 3 rings (SSSR count). The second-order valence-electron chi connectivity index (χ2n) is 6.35. The predicted octanol–water partition coefficient (Wildman–Crippen LogP) is 2.78. The molecule has 0 aliphatic carbocycles. The molecule has 2 amide bonds. The molecular formula is C21H22N4O2. The first-order valence-corrected chi connectivity index (χ1v) is 8.70. The van der Waals surface area contributed by atoms with E-state index in [1.165, 1.54) is 6.92 Å². The molecule has 0 aliphatic heterocycles. The SMILES string of the molecule is CC(=O)NCc1cn(-c2ccccc2C(=O)N(C)Cc2ccccc2)cn1. The van der Waals surface area contributed by atoms with Crippen LogP contribution in [-0.2, 0) is 17.9 Å². The average Bonchev–Trinajstić information content (AvgIpc) is 3.15. The molecule has 0 spiro atoms. The molecule has 27 heavy (non-hydrogen) atoms. The number of nitrogens with zero attached hydrogens (tertiary/aromatic N) is 3. The highest BCUT2D eigenvalue weighted by molar-refractivity contribution is 5.97. The van der Waals surface area contributed by atoms with Gasteiger partial charge in [-0.3, -0.25) is 9.59 Å². The van der Waals surface area contributed by atoms with Gasteiger partial charge in [-0.05, 0) is 17.7 Å². The maximum absolute atomic E-state index is 13.0. The summed E-state index contributed by atoms with van der Waals surface area (Å²) in [5.41, 5.74) is 3.15. The van der Waals surface area contributed by atoms with Crippen LogP contribution < -0.4 is 5.32 Å². The minimum absolute atomic E-state index is 0.0634. The van der Waals surface area contributed by atoms with E-state index >= 15 is 0 Å². The van der Waals surface area contributed by atoms with Crippen LogP contribution in [0.3, 0.4) is 0 Å². The molecule has 2 aromatic carbocycles. The number of imidazole rings is 1. The van der Waals surface area contributed by atoms with E-state index < -0.39 is 0 Å². The van der Waals surface area contributed by atoms with Crippen molar-refractivity contribution in [3.63, 3.8) is 0 Å². The third kappa shape index (κ3) is 4.61. The zero-order valence-electron chi connectivity index (χ0n) is 15.4. The molecule has 138 valence electrons. The van der Waals surface area contributed by atoms with Gasteiger partial charge in [0.15, 0.2) is 0 Å². The Kier molecular flexibility index (Phi) is 5.66. The number of benzene rings is 2. The van der Waals surface area contributed by atoms with Crippen molar-refractivity contribution in [1.82, 2.24) is 19.8 Å². The summed E-state index contributed by atoms with van der Waals surface area (Å²) >= 11 is 0. The molecule has 6 nitrogen and oxygen atoms in total. The summed E-state index contributed by atoms with van der Waals surface area (Å²) in [4.78, 5) is 30.1. The van der Waals surface area contributed by atoms with Crippen LogP contribution in [0.5, 0.6) is 0 Å².